The van der Waals surface area contributed by atoms with Crippen molar-refractivity contribution in [3.63, 3.8) is 0 Å². The third kappa shape index (κ3) is 3.12. The van der Waals surface area contributed by atoms with Gasteiger partial charge in [0.2, 0.25) is 0 Å². The Hall–Kier alpha value is -0.220. The number of thiol groups is 1. The number of benzene rings is 1. The molecule has 0 radical (unpaired) electrons. The highest BCUT2D eigenvalue weighted by atomic mass is 32.2. The number of alkyl halides is 2. The van der Waals surface area contributed by atoms with Crippen LogP contribution in [-0.2, 0) is 0 Å². The number of rotatable bonds is 2. The van der Waals surface area contributed by atoms with Crippen LogP contribution in [0.4, 0.5) is 8.78 Å². The van der Waals surface area contributed by atoms with Crippen molar-refractivity contribution in [3.8, 4) is 0 Å². The van der Waals surface area contributed by atoms with E-state index in [2.05, 4.69) is 12.6 Å². The van der Waals surface area contributed by atoms with E-state index in [0.717, 1.165) is 4.90 Å². The molecule has 0 atom stereocenters. The molecule has 0 aliphatic carbocycles. The quantitative estimate of drug-likeness (QED) is 0.554. The molecule has 4 heteroatoms. The number of thioether (sulfide) groups is 1. The molecule has 0 amide bonds. The van der Waals surface area contributed by atoms with Crippen LogP contribution in [0.2, 0.25) is 0 Å². The minimum atomic E-state index is -2.35. The Morgan fingerprint density at radius 1 is 1.18 bits per heavy atom. The van der Waals surface area contributed by atoms with Crippen LogP contribution in [0, 0.1) is 0 Å². The van der Waals surface area contributed by atoms with Crippen molar-refractivity contribution in [2.75, 3.05) is 0 Å². The molecule has 0 spiro atoms. The lowest BCUT2D eigenvalue weighted by Gasteiger charge is -1.98. The average molecular weight is 192 g/mol. The molecule has 0 aliphatic heterocycles. The minimum Gasteiger partial charge on any atom is -0.198 e. The van der Waals surface area contributed by atoms with E-state index >= 15 is 0 Å². The SMILES string of the molecule is FC(F)Sc1ccc(S)cc1. The Balaban J connectivity index is 2.66. The lowest BCUT2D eigenvalue weighted by atomic mass is 10.4. The molecular weight excluding hydrogens is 186 g/mol. The normalized spacial score (nSPS) is 10.5. The molecule has 0 aliphatic rings. The van der Waals surface area contributed by atoms with E-state index in [0.29, 0.717) is 16.7 Å². The Morgan fingerprint density at radius 2 is 1.73 bits per heavy atom. The summed E-state index contributed by atoms with van der Waals surface area (Å²) in [6.45, 7) is 0. The summed E-state index contributed by atoms with van der Waals surface area (Å²) >= 11 is 4.57. The fourth-order valence-electron chi connectivity index (χ4n) is 0.628. The van der Waals surface area contributed by atoms with Crippen LogP contribution in [-0.4, -0.2) is 5.76 Å². The second-order valence-electron chi connectivity index (χ2n) is 1.87. The van der Waals surface area contributed by atoms with E-state index in [1.807, 2.05) is 0 Å². The van der Waals surface area contributed by atoms with E-state index in [1.165, 1.54) is 0 Å². The standard InChI is InChI=1S/C7H6F2S2/c8-7(9)11-6-3-1-5(10)2-4-6/h1-4,7,10H. The summed E-state index contributed by atoms with van der Waals surface area (Å²) < 4.78 is 23.5. The molecule has 0 heterocycles. The van der Waals surface area contributed by atoms with Gasteiger partial charge in [0, 0.05) is 9.79 Å². The average Bonchev–Trinajstić information content (AvgIpc) is 1.93. The molecule has 0 N–H and O–H groups in total. The van der Waals surface area contributed by atoms with Crippen LogP contribution in [0.25, 0.3) is 0 Å². The van der Waals surface area contributed by atoms with Gasteiger partial charge >= 0.3 is 0 Å². The predicted octanol–water partition coefficient (Wildman–Crippen LogP) is 3.29. The topological polar surface area (TPSA) is 0 Å². The van der Waals surface area contributed by atoms with Gasteiger partial charge in [-0.05, 0) is 24.3 Å². The molecule has 0 unspecified atom stereocenters. The molecule has 0 saturated heterocycles. The van der Waals surface area contributed by atoms with Gasteiger partial charge in [-0.1, -0.05) is 11.8 Å². The monoisotopic (exact) mass is 192 g/mol. The highest BCUT2D eigenvalue weighted by molar-refractivity contribution is 7.99. The number of halogens is 2. The third-order valence-corrected chi connectivity index (χ3v) is 2.08. The molecule has 1 rings (SSSR count). The predicted molar refractivity (Wildman–Crippen MR) is 45.6 cm³/mol. The Morgan fingerprint density at radius 3 is 2.18 bits per heavy atom. The van der Waals surface area contributed by atoms with Crippen molar-refractivity contribution in [1.29, 1.82) is 0 Å². The van der Waals surface area contributed by atoms with Crippen molar-refractivity contribution in [1.82, 2.24) is 0 Å². The first-order chi connectivity index (χ1) is 5.18. The lowest BCUT2D eigenvalue weighted by Crippen LogP contribution is -1.80. The van der Waals surface area contributed by atoms with Gasteiger partial charge in [0.1, 0.15) is 0 Å². The molecule has 11 heavy (non-hydrogen) atoms. The molecule has 0 bridgehead atoms. The summed E-state index contributed by atoms with van der Waals surface area (Å²) in [6.07, 6.45) is 0. The van der Waals surface area contributed by atoms with Gasteiger partial charge in [-0.15, -0.1) is 12.6 Å². The highest BCUT2D eigenvalue weighted by Gasteiger charge is 2.03. The second-order valence-corrected chi connectivity index (χ2v) is 3.45. The summed E-state index contributed by atoms with van der Waals surface area (Å²) in [5.41, 5.74) is 0. The van der Waals surface area contributed by atoms with Gasteiger partial charge in [0.05, 0.1) is 0 Å². The lowest BCUT2D eigenvalue weighted by molar-refractivity contribution is 0.252. The molecule has 0 fully saturated rings. The van der Waals surface area contributed by atoms with E-state index in [4.69, 9.17) is 0 Å². The molecule has 0 saturated carbocycles. The van der Waals surface area contributed by atoms with Crippen LogP contribution in [0.1, 0.15) is 0 Å². The third-order valence-electron chi connectivity index (χ3n) is 1.06. The fraction of sp³-hybridized carbons (Fsp3) is 0.143. The maximum absolute atomic E-state index is 11.8. The molecule has 0 nitrogen and oxygen atoms in total. The van der Waals surface area contributed by atoms with Crippen molar-refractivity contribution in [3.05, 3.63) is 24.3 Å². The summed E-state index contributed by atoms with van der Waals surface area (Å²) in [7, 11) is 0. The number of hydrogen-bond acceptors (Lipinski definition) is 2. The van der Waals surface area contributed by atoms with Crippen molar-refractivity contribution in [2.45, 2.75) is 15.5 Å². The summed E-state index contributed by atoms with van der Waals surface area (Å²) in [5.74, 6) is -2.35. The van der Waals surface area contributed by atoms with Gasteiger partial charge in [-0.25, -0.2) is 0 Å². The van der Waals surface area contributed by atoms with Gasteiger partial charge in [-0.3, -0.25) is 0 Å². The Bertz CT molecular complexity index is 220. The van der Waals surface area contributed by atoms with E-state index in [1.54, 1.807) is 24.3 Å². The first kappa shape index (κ1) is 8.87. The zero-order valence-corrected chi connectivity index (χ0v) is 7.21. The van der Waals surface area contributed by atoms with Gasteiger partial charge in [0.15, 0.2) is 0 Å². The summed E-state index contributed by atoms with van der Waals surface area (Å²) in [5, 5.41) is 0. The Labute approximate surface area is 73.4 Å². The zero-order chi connectivity index (χ0) is 8.27. The minimum absolute atomic E-state index is 0.540. The van der Waals surface area contributed by atoms with Crippen molar-refractivity contribution in [2.24, 2.45) is 0 Å². The zero-order valence-electron chi connectivity index (χ0n) is 5.50. The summed E-state index contributed by atoms with van der Waals surface area (Å²) in [4.78, 5) is 1.35. The van der Waals surface area contributed by atoms with E-state index < -0.39 is 5.76 Å². The second kappa shape index (κ2) is 3.97. The molecule has 1 aromatic carbocycles. The first-order valence-electron chi connectivity index (χ1n) is 2.92. The molecule has 1 aromatic rings. The number of hydrogen-bond donors (Lipinski definition) is 1. The van der Waals surface area contributed by atoms with Gasteiger partial charge in [-0.2, -0.15) is 8.78 Å². The van der Waals surface area contributed by atoms with Crippen LogP contribution < -0.4 is 0 Å². The van der Waals surface area contributed by atoms with Crippen molar-refractivity contribution >= 4 is 24.4 Å². The van der Waals surface area contributed by atoms with Crippen LogP contribution in [0.3, 0.4) is 0 Å². The van der Waals surface area contributed by atoms with Crippen LogP contribution >= 0.6 is 24.4 Å². The van der Waals surface area contributed by atoms with Crippen molar-refractivity contribution < 1.29 is 8.78 Å². The van der Waals surface area contributed by atoms with E-state index in [9.17, 15) is 8.78 Å². The Kier molecular flexibility index (Phi) is 3.20. The molecule has 0 aromatic heterocycles. The smallest absolute Gasteiger partial charge is 0.198 e. The van der Waals surface area contributed by atoms with E-state index in [-0.39, 0.29) is 0 Å². The van der Waals surface area contributed by atoms with Crippen LogP contribution in [0.15, 0.2) is 34.1 Å². The fourth-order valence-corrected chi connectivity index (χ4v) is 1.28. The maximum atomic E-state index is 11.8. The molecular formula is C7H6F2S2. The van der Waals surface area contributed by atoms with Gasteiger partial charge in [0.25, 0.3) is 5.76 Å². The van der Waals surface area contributed by atoms with Gasteiger partial charge < -0.3 is 0 Å². The van der Waals surface area contributed by atoms with Crippen LogP contribution in [0.5, 0.6) is 0 Å². The molecule has 60 valence electrons. The highest BCUT2D eigenvalue weighted by Crippen LogP contribution is 2.25. The summed E-state index contributed by atoms with van der Waals surface area (Å²) in [6, 6.07) is 6.62. The largest absolute Gasteiger partial charge is 0.288 e. The maximum Gasteiger partial charge on any atom is 0.288 e. The first-order valence-corrected chi connectivity index (χ1v) is 4.25.